The first-order chi connectivity index (χ1) is 5.90. The molecule has 0 unspecified atom stereocenters. The van der Waals surface area contributed by atoms with E-state index in [9.17, 15) is 13.2 Å². The Labute approximate surface area is 87.0 Å². The zero-order valence-corrected chi connectivity index (χ0v) is 8.52. The Morgan fingerprint density at radius 3 is 2.38 bits per heavy atom. The second-order valence-corrected chi connectivity index (χ2v) is 3.44. The SMILES string of the molecule is [CH2]c1cccc(I)c1OC(F)(F)F. The molecule has 0 N–H and O–H groups in total. The molecule has 0 aliphatic heterocycles. The van der Waals surface area contributed by atoms with Gasteiger partial charge in [-0.2, -0.15) is 0 Å². The quantitative estimate of drug-likeness (QED) is 0.723. The van der Waals surface area contributed by atoms with Gasteiger partial charge in [0.2, 0.25) is 0 Å². The van der Waals surface area contributed by atoms with Crippen LogP contribution < -0.4 is 4.74 Å². The van der Waals surface area contributed by atoms with E-state index in [0.29, 0.717) is 3.57 Å². The van der Waals surface area contributed by atoms with Gasteiger partial charge in [-0.05, 0) is 41.1 Å². The van der Waals surface area contributed by atoms with E-state index < -0.39 is 6.36 Å². The summed E-state index contributed by atoms with van der Waals surface area (Å²) in [7, 11) is 0. The number of benzene rings is 1. The van der Waals surface area contributed by atoms with Crippen LogP contribution in [0.5, 0.6) is 5.75 Å². The van der Waals surface area contributed by atoms with Crippen molar-refractivity contribution in [1.82, 2.24) is 0 Å². The maximum absolute atomic E-state index is 11.8. The minimum Gasteiger partial charge on any atom is -0.404 e. The molecule has 0 aromatic heterocycles. The summed E-state index contributed by atoms with van der Waals surface area (Å²) in [5.41, 5.74) is 0.226. The molecule has 0 saturated carbocycles. The largest absolute Gasteiger partial charge is 0.573 e. The van der Waals surface area contributed by atoms with E-state index in [1.807, 2.05) is 0 Å². The van der Waals surface area contributed by atoms with Gasteiger partial charge < -0.3 is 4.74 Å². The van der Waals surface area contributed by atoms with Crippen LogP contribution in [0.3, 0.4) is 0 Å². The Kier molecular flexibility index (Phi) is 3.05. The van der Waals surface area contributed by atoms with Gasteiger partial charge in [0.25, 0.3) is 0 Å². The lowest BCUT2D eigenvalue weighted by atomic mass is 10.2. The summed E-state index contributed by atoms with van der Waals surface area (Å²) >= 11 is 1.76. The molecule has 0 aliphatic carbocycles. The van der Waals surface area contributed by atoms with Crippen LogP contribution in [0.25, 0.3) is 0 Å². The first-order valence-electron chi connectivity index (χ1n) is 3.26. The number of ether oxygens (including phenoxy) is 1. The molecule has 0 fully saturated rings. The summed E-state index contributed by atoms with van der Waals surface area (Å²) in [5, 5.41) is 0. The van der Waals surface area contributed by atoms with Crippen LogP contribution in [0.1, 0.15) is 5.56 Å². The van der Waals surface area contributed by atoms with Crippen LogP contribution in [-0.2, 0) is 0 Å². The lowest BCUT2D eigenvalue weighted by Crippen LogP contribution is -2.18. The molecule has 0 atom stereocenters. The van der Waals surface area contributed by atoms with Gasteiger partial charge in [0, 0.05) is 0 Å². The fraction of sp³-hybridized carbons (Fsp3) is 0.125. The van der Waals surface area contributed by atoms with Crippen molar-refractivity contribution in [3.8, 4) is 5.75 Å². The first-order valence-corrected chi connectivity index (χ1v) is 4.34. The van der Waals surface area contributed by atoms with Crippen molar-refractivity contribution in [2.75, 3.05) is 0 Å². The zero-order valence-electron chi connectivity index (χ0n) is 6.36. The Bertz CT molecular complexity index is 288. The molecule has 1 aromatic rings. The predicted octanol–water partition coefficient (Wildman–Crippen LogP) is 3.37. The summed E-state index contributed by atoms with van der Waals surface area (Å²) in [4.78, 5) is 0. The van der Waals surface area contributed by atoms with Crippen molar-refractivity contribution in [3.63, 3.8) is 0 Å². The van der Waals surface area contributed by atoms with E-state index >= 15 is 0 Å². The van der Waals surface area contributed by atoms with Crippen molar-refractivity contribution in [2.24, 2.45) is 0 Å². The molecule has 1 nitrogen and oxygen atoms in total. The van der Waals surface area contributed by atoms with Gasteiger partial charge in [-0.1, -0.05) is 12.1 Å². The van der Waals surface area contributed by atoms with Gasteiger partial charge in [0.15, 0.2) is 0 Å². The fourth-order valence-electron chi connectivity index (χ4n) is 0.784. The van der Waals surface area contributed by atoms with Crippen molar-refractivity contribution < 1.29 is 17.9 Å². The Morgan fingerprint density at radius 1 is 1.31 bits per heavy atom. The third kappa shape index (κ3) is 3.06. The summed E-state index contributed by atoms with van der Waals surface area (Å²) < 4.78 is 39.7. The van der Waals surface area contributed by atoms with E-state index in [-0.39, 0.29) is 11.3 Å². The summed E-state index contributed by atoms with van der Waals surface area (Å²) in [6.07, 6.45) is -4.66. The number of hydrogen-bond acceptors (Lipinski definition) is 1. The fourth-order valence-corrected chi connectivity index (χ4v) is 1.45. The molecular weight excluding hydrogens is 296 g/mol. The highest BCUT2D eigenvalue weighted by Crippen LogP contribution is 2.30. The van der Waals surface area contributed by atoms with Crippen molar-refractivity contribution in [1.29, 1.82) is 0 Å². The van der Waals surface area contributed by atoms with Gasteiger partial charge in [0.05, 0.1) is 3.57 Å². The lowest BCUT2D eigenvalue weighted by molar-refractivity contribution is -0.275. The second-order valence-electron chi connectivity index (χ2n) is 2.28. The van der Waals surface area contributed by atoms with Gasteiger partial charge in [-0.25, -0.2) is 0 Å². The highest BCUT2D eigenvalue weighted by atomic mass is 127. The van der Waals surface area contributed by atoms with Crippen LogP contribution >= 0.6 is 22.6 Å². The average molecular weight is 301 g/mol. The molecule has 1 radical (unpaired) electrons. The number of halogens is 4. The number of alkyl halides is 3. The monoisotopic (exact) mass is 301 g/mol. The van der Waals surface area contributed by atoms with E-state index in [1.54, 1.807) is 28.7 Å². The average Bonchev–Trinajstić information content (AvgIpc) is 1.95. The third-order valence-corrected chi connectivity index (χ3v) is 2.12. The van der Waals surface area contributed by atoms with Gasteiger partial charge in [-0.3, -0.25) is 0 Å². The first kappa shape index (κ1) is 10.6. The van der Waals surface area contributed by atoms with E-state index in [1.165, 1.54) is 12.1 Å². The van der Waals surface area contributed by atoms with E-state index in [4.69, 9.17) is 0 Å². The minimum atomic E-state index is -4.66. The highest BCUT2D eigenvalue weighted by molar-refractivity contribution is 14.1. The standard InChI is InChI=1S/C8H5F3IO/c1-5-3-2-4-6(12)7(5)13-8(9,10)11/h2-4H,1H2. The minimum absolute atomic E-state index is 0.226. The van der Waals surface area contributed by atoms with Crippen LogP contribution in [-0.4, -0.2) is 6.36 Å². The maximum Gasteiger partial charge on any atom is 0.573 e. The molecule has 0 saturated heterocycles. The molecule has 0 spiro atoms. The number of para-hydroxylation sites is 1. The summed E-state index contributed by atoms with van der Waals surface area (Å²) in [5.74, 6) is -0.226. The number of hydrogen-bond donors (Lipinski definition) is 0. The normalized spacial score (nSPS) is 11.5. The zero-order chi connectivity index (χ0) is 10.1. The Balaban J connectivity index is 3.00. The van der Waals surface area contributed by atoms with Crippen LogP contribution in [0.2, 0.25) is 0 Å². The van der Waals surface area contributed by atoms with Crippen molar-refractivity contribution in [3.05, 3.63) is 34.3 Å². The maximum atomic E-state index is 11.8. The van der Waals surface area contributed by atoms with Crippen LogP contribution in [0.4, 0.5) is 13.2 Å². The number of rotatable bonds is 1. The summed E-state index contributed by atoms with van der Waals surface area (Å²) in [6, 6.07) is 4.60. The van der Waals surface area contributed by atoms with Gasteiger partial charge >= 0.3 is 6.36 Å². The Morgan fingerprint density at radius 2 is 1.92 bits per heavy atom. The predicted molar refractivity (Wildman–Crippen MR) is 50.3 cm³/mol. The van der Waals surface area contributed by atoms with Gasteiger partial charge in [0.1, 0.15) is 5.75 Å². The van der Waals surface area contributed by atoms with E-state index in [0.717, 1.165) is 0 Å². The van der Waals surface area contributed by atoms with E-state index in [2.05, 4.69) is 11.7 Å². The molecule has 5 heteroatoms. The molecule has 0 amide bonds. The molecule has 1 aromatic carbocycles. The third-order valence-electron chi connectivity index (χ3n) is 1.27. The molecule has 71 valence electrons. The molecule has 13 heavy (non-hydrogen) atoms. The Hall–Kier alpha value is -0.460. The smallest absolute Gasteiger partial charge is 0.404 e. The lowest BCUT2D eigenvalue weighted by Gasteiger charge is -2.12. The molecule has 1 rings (SSSR count). The van der Waals surface area contributed by atoms with Crippen LogP contribution in [0, 0.1) is 10.5 Å². The van der Waals surface area contributed by atoms with Crippen molar-refractivity contribution >= 4 is 22.6 Å². The summed E-state index contributed by atoms with van der Waals surface area (Å²) in [6.45, 7) is 3.44. The highest BCUT2D eigenvalue weighted by Gasteiger charge is 2.32. The topological polar surface area (TPSA) is 9.23 Å². The molecule has 0 aliphatic rings. The second kappa shape index (κ2) is 3.73. The van der Waals surface area contributed by atoms with Crippen LogP contribution in [0.15, 0.2) is 18.2 Å². The molecular formula is C8H5F3IO. The van der Waals surface area contributed by atoms with Gasteiger partial charge in [-0.15, -0.1) is 13.2 Å². The van der Waals surface area contributed by atoms with Crippen molar-refractivity contribution in [2.45, 2.75) is 6.36 Å². The molecule has 0 heterocycles. The molecule has 0 bridgehead atoms.